The van der Waals surface area contributed by atoms with Gasteiger partial charge in [0.15, 0.2) is 0 Å². The first-order chi connectivity index (χ1) is 17.9. The Balaban J connectivity index is 0.000000372. The number of nitrogens with one attached hydrogen (secondary N) is 2. The third kappa shape index (κ3) is 12.7. The van der Waals surface area contributed by atoms with Gasteiger partial charge >= 0.3 is 6.09 Å². The molecule has 7 nitrogen and oxygen atoms in total. The lowest BCUT2D eigenvalue weighted by Gasteiger charge is -2.22. The molecule has 1 aliphatic carbocycles. The van der Waals surface area contributed by atoms with Gasteiger partial charge in [0.25, 0.3) is 0 Å². The maximum absolute atomic E-state index is 11.5. The Morgan fingerprint density at radius 2 is 1.68 bits per heavy atom. The Labute approximate surface area is 224 Å². The van der Waals surface area contributed by atoms with Gasteiger partial charge in [0.1, 0.15) is 12.6 Å². The van der Waals surface area contributed by atoms with E-state index in [1.807, 2.05) is 26.0 Å². The summed E-state index contributed by atoms with van der Waals surface area (Å²) in [6.07, 6.45) is 8.93. The molecule has 4 N–H and O–H groups in total. The van der Waals surface area contributed by atoms with Crippen LogP contribution in [0.4, 0.5) is 4.79 Å². The van der Waals surface area contributed by atoms with Crippen molar-refractivity contribution in [2.45, 2.75) is 84.3 Å². The topological polar surface area (TPSA) is 111 Å². The molecule has 8 heteroatoms. The predicted octanol–water partition coefficient (Wildman–Crippen LogP) is 5.25. The Kier molecular flexibility index (Phi) is 16.7. The fraction of sp³-hybridized carbons (Fsp3) is 0.483. The van der Waals surface area contributed by atoms with E-state index in [0.717, 1.165) is 29.6 Å². The van der Waals surface area contributed by atoms with E-state index < -0.39 is 11.9 Å². The minimum absolute atomic E-state index is 0.320. The van der Waals surface area contributed by atoms with Crippen molar-refractivity contribution in [3.8, 4) is 0 Å². The normalized spacial score (nSPS) is 13.5. The number of carbonyl (C=O) groups excluding carboxylic acids is 3. The molecular weight excluding hydrogens is 485 g/mol. The van der Waals surface area contributed by atoms with Gasteiger partial charge in [0.2, 0.25) is 12.3 Å². The summed E-state index contributed by atoms with van der Waals surface area (Å²) in [5.74, 6) is 0.152. The van der Waals surface area contributed by atoms with Crippen molar-refractivity contribution < 1.29 is 19.1 Å². The Hall–Kier alpha value is -2.92. The summed E-state index contributed by atoms with van der Waals surface area (Å²) in [5.41, 5.74) is 8.30. The second-order valence-electron chi connectivity index (χ2n) is 8.72. The van der Waals surface area contributed by atoms with Gasteiger partial charge in [-0.25, -0.2) is 4.79 Å². The number of unbranched alkanes of at least 4 members (excludes halogenated alkanes) is 1. The maximum Gasteiger partial charge on any atom is 0.407 e. The molecule has 0 spiro atoms. The van der Waals surface area contributed by atoms with Crippen LogP contribution in [0.25, 0.3) is 0 Å². The molecule has 3 amide bonds. The number of hydrogen-bond donors (Lipinski definition) is 3. The molecule has 2 aromatic carbocycles. The van der Waals surface area contributed by atoms with Crippen LogP contribution in [0.2, 0.25) is 0 Å². The van der Waals surface area contributed by atoms with E-state index in [4.69, 9.17) is 10.5 Å². The van der Waals surface area contributed by atoms with Gasteiger partial charge in [-0.3, -0.25) is 9.59 Å². The minimum Gasteiger partial charge on any atom is -0.445 e. The van der Waals surface area contributed by atoms with Crippen LogP contribution >= 0.6 is 9.24 Å². The summed E-state index contributed by atoms with van der Waals surface area (Å²) in [6, 6.07) is 14.9. The molecule has 2 unspecified atom stereocenters. The number of ether oxygens (including phenoxy) is 1. The highest BCUT2D eigenvalue weighted by Crippen LogP contribution is 2.32. The molecule has 2 aromatic rings. The van der Waals surface area contributed by atoms with E-state index >= 15 is 0 Å². The van der Waals surface area contributed by atoms with E-state index in [2.05, 4.69) is 51.1 Å². The van der Waals surface area contributed by atoms with Crippen LogP contribution in [-0.2, 0) is 20.9 Å². The summed E-state index contributed by atoms with van der Waals surface area (Å²) >= 11 is 0. The number of rotatable bonds is 10. The fourth-order valence-electron chi connectivity index (χ4n) is 3.99. The first kappa shape index (κ1) is 32.1. The van der Waals surface area contributed by atoms with Crippen LogP contribution < -0.4 is 21.7 Å². The van der Waals surface area contributed by atoms with Crippen LogP contribution in [0.5, 0.6) is 0 Å². The molecule has 1 aliphatic rings. The Bertz CT molecular complexity index is 914. The molecule has 1 saturated carbocycles. The summed E-state index contributed by atoms with van der Waals surface area (Å²) in [7, 11) is 2.53. The fourth-order valence-corrected chi connectivity index (χ4v) is 4.18. The molecule has 2 atom stereocenters. The quantitative estimate of drug-likeness (QED) is 0.222. The second-order valence-corrected chi connectivity index (χ2v) is 9.39. The molecule has 0 bridgehead atoms. The number of amides is 3. The number of alkyl carbamates (subject to hydrolysis) is 1. The largest absolute Gasteiger partial charge is 0.445 e. The smallest absolute Gasteiger partial charge is 0.407 e. The van der Waals surface area contributed by atoms with E-state index in [9.17, 15) is 14.4 Å². The summed E-state index contributed by atoms with van der Waals surface area (Å²) in [4.78, 5) is 32.7. The van der Waals surface area contributed by atoms with Crippen molar-refractivity contribution in [3.63, 3.8) is 0 Å². The Morgan fingerprint density at radius 1 is 1.05 bits per heavy atom. The summed E-state index contributed by atoms with van der Waals surface area (Å²) < 4.78 is 5.21. The summed E-state index contributed by atoms with van der Waals surface area (Å²) in [5, 5.41) is 6.11. The highest BCUT2D eigenvalue weighted by atomic mass is 31.0. The average molecular weight is 530 g/mol. The zero-order chi connectivity index (χ0) is 27.5. The summed E-state index contributed by atoms with van der Waals surface area (Å²) in [6.45, 7) is 7.14. The third-order valence-electron chi connectivity index (χ3n) is 6.01. The van der Waals surface area contributed by atoms with Crippen LogP contribution in [0.3, 0.4) is 0 Å². The molecule has 0 heterocycles. The van der Waals surface area contributed by atoms with Gasteiger partial charge < -0.3 is 21.1 Å². The zero-order valence-corrected chi connectivity index (χ0v) is 23.7. The highest BCUT2D eigenvalue weighted by molar-refractivity contribution is 7.27. The number of primary amides is 1. The lowest BCUT2D eigenvalue weighted by atomic mass is 9.84. The van der Waals surface area contributed by atoms with Crippen molar-refractivity contribution in [2.24, 2.45) is 5.73 Å². The second kappa shape index (κ2) is 19.2. The van der Waals surface area contributed by atoms with Crippen molar-refractivity contribution >= 4 is 33.0 Å². The van der Waals surface area contributed by atoms with Gasteiger partial charge in [-0.05, 0) is 47.2 Å². The van der Waals surface area contributed by atoms with Crippen molar-refractivity contribution in [3.05, 3.63) is 65.2 Å². The van der Waals surface area contributed by atoms with Gasteiger partial charge in [-0.2, -0.15) is 0 Å². The Morgan fingerprint density at radius 3 is 2.22 bits per heavy atom. The highest BCUT2D eigenvalue weighted by Gasteiger charge is 2.16. The first-order valence-corrected chi connectivity index (χ1v) is 13.9. The van der Waals surface area contributed by atoms with Crippen LogP contribution in [0.15, 0.2) is 48.5 Å². The zero-order valence-electron chi connectivity index (χ0n) is 22.5. The molecule has 0 radical (unpaired) electrons. The predicted molar refractivity (Wildman–Crippen MR) is 154 cm³/mol. The van der Waals surface area contributed by atoms with Crippen LogP contribution in [0.1, 0.15) is 94.4 Å². The lowest BCUT2D eigenvalue weighted by molar-refractivity contribution is -0.122. The number of carbonyl (C=O) groups is 3. The van der Waals surface area contributed by atoms with Gasteiger partial charge in [-0.1, -0.05) is 95.0 Å². The number of nitrogens with two attached hydrogens (primary N) is 1. The van der Waals surface area contributed by atoms with Gasteiger partial charge in [-0.15, -0.1) is 9.24 Å². The molecule has 204 valence electrons. The van der Waals surface area contributed by atoms with Crippen molar-refractivity contribution in [1.82, 2.24) is 10.6 Å². The van der Waals surface area contributed by atoms with E-state index in [0.29, 0.717) is 25.1 Å². The van der Waals surface area contributed by atoms with Crippen molar-refractivity contribution in [1.29, 1.82) is 0 Å². The molecular formula is C29H44N3O4P. The van der Waals surface area contributed by atoms with E-state index in [-0.39, 0.29) is 6.09 Å². The minimum atomic E-state index is -0.752. The molecule has 0 aliphatic heterocycles. The number of hydrogen-bond acceptors (Lipinski definition) is 4. The lowest BCUT2D eigenvalue weighted by Crippen LogP contribution is -2.32. The first-order valence-electron chi connectivity index (χ1n) is 13.3. The monoisotopic (exact) mass is 529 g/mol. The molecule has 3 rings (SSSR count). The molecule has 0 aromatic heterocycles. The van der Waals surface area contributed by atoms with Gasteiger partial charge in [0, 0.05) is 6.54 Å². The van der Waals surface area contributed by atoms with Crippen molar-refractivity contribution in [2.75, 3.05) is 6.54 Å². The standard InChI is InChI=1S/C18H27NO2.C9H11N2O2P.C2H6/c1-2-3-13-19-18(20)21-14-15-9-11-17(12-10-15)16-7-5-4-6-8-16;10-9(13)8(11-5-12)6-1-3-7(14)4-2-6;1-2/h9-12,16H,2-8,13-14H2,1H3,(H,19,20);1-5,8H,14H2,(H2,10,13)(H,11,12);1-2H3. The van der Waals surface area contributed by atoms with Crippen LogP contribution in [-0.4, -0.2) is 25.0 Å². The van der Waals surface area contributed by atoms with Crippen LogP contribution in [0, 0.1) is 0 Å². The number of benzene rings is 2. The van der Waals surface area contributed by atoms with E-state index in [1.54, 1.807) is 12.1 Å². The third-order valence-corrected chi connectivity index (χ3v) is 6.40. The average Bonchev–Trinajstić information content (AvgIpc) is 2.93. The molecule has 1 fully saturated rings. The molecule has 37 heavy (non-hydrogen) atoms. The van der Waals surface area contributed by atoms with Gasteiger partial charge in [0.05, 0.1) is 0 Å². The SMILES string of the molecule is CC.CCCCNC(=O)OCc1ccc(C2CCCCC2)cc1.NC(=O)C(NC=O)c1ccc(P)cc1. The maximum atomic E-state index is 11.5. The molecule has 0 saturated heterocycles. The van der Waals surface area contributed by atoms with E-state index in [1.165, 1.54) is 37.7 Å².